The molecule has 1 aromatic rings. The maximum atomic E-state index is 12.9. The van der Waals surface area contributed by atoms with Crippen molar-refractivity contribution in [1.82, 2.24) is 9.88 Å². The van der Waals surface area contributed by atoms with Crippen molar-refractivity contribution in [3.8, 4) is 0 Å². The van der Waals surface area contributed by atoms with Crippen molar-refractivity contribution >= 4 is 5.91 Å². The van der Waals surface area contributed by atoms with Crippen LogP contribution in [-0.4, -0.2) is 41.1 Å². The molecule has 1 aromatic heterocycles. The Kier molecular flexibility index (Phi) is 6.17. The lowest BCUT2D eigenvalue weighted by atomic mass is 10.0. The van der Waals surface area contributed by atoms with Crippen LogP contribution in [0.4, 0.5) is 0 Å². The molecule has 0 unspecified atom stereocenters. The molecule has 0 radical (unpaired) electrons. The number of amides is 1. The van der Waals surface area contributed by atoms with Gasteiger partial charge in [0.2, 0.25) is 0 Å². The number of ether oxygens (including phenoxy) is 1. The summed E-state index contributed by atoms with van der Waals surface area (Å²) in [4.78, 5) is 19.3. The largest absolute Gasteiger partial charge is 0.371 e. The zero-order valence-corrected chi connectivity index (χ0v) is 15.1. The molecule has 0 aromatic carbocycles. The summed E-state index contributed by atoms with van der Waals surface area (Å²) in [5.74, 6) is 0.498. The van der Waals surface area contributed by atoms with E-state index in [2.05, 4.69) is 25.8 Å². The molecule has 0 saturated carbocycles. The van der Waals surface area contributed by atoms with Crippen LogP contribution in [0.25, 0.3) is 0 Å². The van der Waals surface area contributed by atoms with Gasteiger partial charge in [0.1, 0.15) is 0 Å². The van der Waals surface area contributed by atoms with Gasteiger partial charge >= 0.3 is 0 Å². The van der Waals surface area contributed by atoms with Gasteiger partial charge in [-0.1, -0.05) is 33.6 Å². The number of nitrogens with zero attached hydrogens (tertiary/aromatic N) is 2. The van der Waals surface area contributed by atoms with E-state index >= 15 is 0 Å². The van der Waals surface area contributed by atoms with Gasteiger partial charge in [0.15, 0.2) is 0 Å². The number of aryl methyl sites for hydroxylation is 2. The lowest BCUT2D eigenvalue weighted by Gasteiger charge is -2.40. The summed E-state index contributed by atoms with van der Waals surface area (Å²) in [6.45, 7) is 11.7. The van der Waals surface area contributed by atoms with Crippen LogP contribution in [0.3, 0.4) is 0 Å². The van der Waals surface area contributed by atoms with E-state index in [-0.39, 0.29) is 18.1 Å². The molecule has 2 rings (SSSR count). The van der Waals surface area contributed by atoms with Crippen molar-refractivity contribution in [1.29, 1.82) is 0 Å². The molecule has 1 saturated heterocycles. The van der Waals surface area contributed by atoms with Gasteiger partial charge < -0.3 is 9.64 Å². The number of unbranched alkanes of at least 4 members (excludes halogenated alkanes) is 1. The summed E-state index contributed by atoms with van der Waals surface area (Å²) >= 11 is 0. The second-order valence-corrected chi connectivity index (χ2v) is 6.98. The third kappa shape index (κ3) is 4.54. The molecule has 23 heavy (non-hydrogen) atoms. The van der Waals surface area contributed by atoms with Crippen molar-refractivity contribution in [2.45, 2.75) is 66.1 Å². The monoisotopic (exact) mass is 318 g/mol. The second-order valence-electron chi connectivity index (χ2n) is 6.98. The van der Waals surface area contributed by atoms with Gasteiger partial charge in [-0.05, 0) is 38.3 Å². The van der Waals surface area contributed by atoms with Gasteiger partial charge in [0.05, 0.1) is 23.5 Å². The van der Waals surface area contributed by atoms with Crippen molar-refractivity contribution in [3.63, 3.8) is 0 Å². The smallest absolute Gasteiger partial charge is 0.255 e. The summed E-state index contributed by atoms with van der Waals surface area (Å²) in [6.07, 6.45) is 3.59. The normalized spacial score (nSPS) is 21.7. The Morgan fingerprint density at radius 3 is 2.70 bits per heavy atom. The first-order valence-electron chi connectivity index (χ1n) is 8.81. The van der Waals surface area contributed by atoms with Crippen molar-refractivity contribution in [3.05, 3.63) is 29.1 Å². The highest BCUT2D eigenvalue weighted by molar-refractivity contribution is 5.95. The van der Waals surface area contributed by atoms with Gasteiger partial charge in [-0.2, -0.15) is 0 Å². The fourth-order valence-electron chi connectivity index (χ4n) is 3.08. The van der Waals surface area contributed by atoms with E-state index in [1.165, 1.54) is 0 Å². The highest BCUT2D eigenvalue weighted by atomic mass is 16.5. The van der Waals surface area contributed by atoms with Crippen molar-refractivity contribution in [2.24, 2.45) is 5.92 Å². The molecule has 1 fully saturated rings. The molecule has 0 spiro atoms. The molecule has 2 atom stereocenters. The molecule has 4 heteroatoms. The minimum Gasteiger partial charge on any atom is -0.371 e. The predicted molar refractivity (Wildman–Crippen MR) is 92.6 cm³/mol. The summed E-state index contributed by atoms with van der Waals surface area (Å²) in [6, 6.07) is 3.82. The zero-order chi connectivity index (χ0) is 17.0. The average molecular weight is 318 g/mol. The summed E-state index contributed by atoms with van der Waals surface area (Å²) in [5, 5.41) is 0. The minimum absolute atomic E-state index is 0.0884. The molecule has 0 N–H and O–H groups in total. The van der Waals surface area contributed by atoms with Crippen LogP contribution in [0.15, 0.2) is 12.1 Å². The van der Waals surface area contributed by atoms with Crippen LogP contribution in [0.2, 0.25) is 0 Å². The molecular weight excluding hydrogens is 288 g/mol. The molecule has 0 aliphatic carbocycles. The number of rotatable bonds is 5. The Morgan fingerprint density at radius 1 is 1.35 bits per heavy atom. The number of morpholine rings is 1. The first-order valence-corrected chi connectivity index (χ1v) is 8.81. The molecule has 1 aliphatic heterocycles. The van der Waals surface area contributed by atoms with Gasteiger partial charge in [-0.15, -0.1) is 0 Å². The summed E-state index contributed by atoms with van der Waals surface area (Å²) < 4.78 is 6.21. The molecule has 1 amide bonds. The number of carbonyl (C=O) groups is 1. The number of carbonyl (C=O) groups excluding carboxylic acids is 1. The van der Waals surface area contributed by atoms with Crippen molar-refractivity contribution in [2.75, 3.05) is 13.1 Å². The standard InChI is InChI=1S/C19H30N2O2/c1-6-7-8-16-11-21(12-18(23-16)13(2)3)19(22)17-10-9-14(4)20-15(17)5/h9-10,13,16,18H,6-8,11-12H2,1-5H3/t16-,18-/m1/s1. The van der Waals surface area contributed by atoms with Crippen LogP contribution in [0, 0.1) is 19.8 Å². The molecule has 4 nitrogen and oxygen atoms in total. The molecular formula is C19H30N2O2. The number of aromatic nitrogens is 1. The van der Waals surface area contributed by atoms with E-state index in [0.29, 0.717) is 24.6 Å². The predicted octanol–water partition coefficient (Wildman–Crippen LogP) is 3.75. The second kappa shape index (κ2) is 7.91. The Morgan fingerprint density at radius 2 is 2.09 bits per heavy atom. The Labute approximate surface area is 140 Å². The Balaban J connectivity index is 2.16. The van der Waals surface area contributed by atoms with E-state index < -0.39 is 0 Å². The van der Waals surface area contributed by atoms with E-state index in [0.717, 1.165) is 30.7 Å². The highest BCUT2D eigenvalue weighted by Crippen LogP contribution is 2.23. The first-order chi connectivity index (χ1) is 10.9. The summed E-state index contributed by atoms with van der Waals surface area (Å²) in [7, 11) is 0. The van der Waals surface area contributed by atoms with Gasteiger partial charge in [0.25, 0.3) is 5.91 Å². The fraction of sp³-hybridized carbons (Fsp3) is 0.684. The maximum Gasteiger partial charge on any atom is 0.255 e. The van der Waals surface area contributed by atoms with Gasteiger partial charge in [0, 0.05) is 18.8 Å². The molecule has 0 bridgehead atoms. The topological polar surface area (TPSA) is 42.4 Å². The lowest BCUT2D eigenvalue weighted by molar-refractivity contribution is -0.0963. The van der Waals surface area contributed by atoms with E-state index in [1.54, 1.807) is 0 Å². The fourth-order valence-corrected chi connectivity index (χ4v) is 3.08. The van der Waals surface area contributed by atoms with Crippen LogP contribution in [-0.2, 0) is 4.74 Å². The van der Waals surface area contributed by atoms with Crippen LogP contribution in [0.5, 0.6) is 0 Å². The number of hydrogen-bond acceptors (Lipinski definition) is 3. The maximum absolute atomic E-state index is 12.9. The highest BCUT2D eigenvalue weighted by Gasteiger charge is 2.32. The lowest BCUT2D eigenvalue weighted by Crippen LogP contribution is -2.51. The Hall–Kier alpha value is -1.42. The molecule has 128 valence electrons. The Bertz CT molecular complexity index is 542. The van der Waals surface area contributed by atoms with E-state index in [9.17, 15) is 4.79 Å². The van der Waals surface area contributed by atoms with E-state index in [4.69, 9.17) is 4.74 Å². The minimum atomic E-state index is 0.0884. The third-order valence-corrected chi connectivity index (χ3v) is 4.56. The summed E-state index contributed by atoms with van der Waals surface area (Å²) in [5.41, 5.74) is 2.48. The van der Waals surface area contributed by atoms with Gasteiger partial charge in [-0.3, -0.25) is 9.78 Å². The zero-order valence-electron chi connectivity index (χ0n) is 15.1. The van der Waals surface area contributed by atoms with Crippen LogP contribution < -0.4 is 0 Å². The van der Waals surface area contributed by atoms with Gasteiger partial charge in [-0.25, -0.2) is 0 Å². The number of pyridine rings is 1. The van der Waals surface area contributed by atoms with E-state index in [1.807, 2.05) is 30.9 Å². The molecule has 1 aliphatic rings. The number of hydrogen-bond donors (Lipinski definition) is 0. The van der Waals surface area contributed by atoms with Crippen molar-refractivity contribution < 1.29 is 9.53 Å². The molecule has 2 heterocycles. The SMILES string of the molecule is CCCC[C@@H]1CN(C(=O)c2ccc(C)nc2C)C[C@H](C(C)C)O1. The van der Waals surface area contributed by atoms with Crippen LogP contribution in [0.1, 0.15) is 61.8 Å². The van der Waals surface area contributed by atoms with Crippen LogP contribution >= 0.6 is 0 Å². The average Bonchev–Trinajstić information content (AvgIpc) is 2.52. The quantitative estimate of drug-likeness (QED) is 0.830. The third-order valence-electron chi connectivity index (χ3n) is 4.56. The first kappa shape index (κ1) is 17.9.